The highest BCUT2D eigenvalue weighted by Crippen LogP contribution is 2.33. The van der Waals surface area contributed by atoms with Gasteiger partial charge in [-0.2, -0.15) is 0 Å². The number of fused-ring (bicyclic) bond motifs is 2. The summed E-state index contributed by atoms with van der Waals surface area (Å²) in [6.45, 7) is 1.03. The first-order valence-electron chi connectivity index (χ1n) is 9.94. The fourth-order valence-corrected chi connectivity index (χ4v) is 4.26. The number of hydrogen-bond acceptors (Lipinski definition) is 4. The van der Waals surface area contributed by atoms with E-state index in [1.807, 2.05) is 30.3 Å². The molecule has 2 unspecified atom stereocenters. The Kier molecular flexibility index (Phi) is 5.90. The van der Waals surface area contributed by atoms with Crippen LogP contribution in [0.1, 0.15) is 24.0 Å². The molecule has 2 atom stereocenters. The number of carbonyl (C=O) groups is 2. The summed E-state index contributed by atoms with van der Waals surface area (Å²) in [6, 6.07) is 15.4. The molecule has 2 aromatic carbocycles. The van der Waals surface area contributed by atoms with Gasteiger partial charge in [-0.1, -0.05) is 42.5 Å². The van der Waals surface area contributed by atoms with E-state index >= 15 is 0 Å². The van der Waals surface area contributed by atoms with Gasteiger partial charge in [-0.05, 0) is 36.1 Å². The summed E-state index contributed by atoms with van der Waals surface area (Å²) in [5.74, 6) is -0.406. The van der Waals surface area contributed by atoms with Crippen molar-refractivity contribution in [3.05, 3.63) is 71.5 Å². The number of piperidine rings is 1. The number of amides is 1. The van der Waals surface area contributed by atoms with Crippen LogP contribution < -0.4 is 0 Å². The van der Waals surface area contributed by atoms with E-state index in [-0.39, 0.29) is 48.7 Å². The molecule has 0 aromatic heterocycles. The fourth-order valence-electron chi connectivity index (χ4n) is 4.26. The molecule has 2 aliphatic rings. The van der Waals surface area contributed by atoms with E-state index in [0.29, 0.717) is 31.6 Å². The summed E-state index contributed by atoms with van der Waals surface area (Å²) in [6.07, 6.45) is 0.945. The zero-order chi connectivity index (χ0) is 20.2. The summed E-state index contributed by atoms with van der Waals surface area (Å²) in [5.41, 5.74) is 1.61. The van der Waals surface area contributed by atoms with Crippen molar-refractivity contribution in [2.45, 2.75) is 38.0 Å². The van der Waals surface area contributed by atoms with Crippen molar-refractivity contribution >= 4 is 11.9 Å². The molecule has 2 heterocycles. The first-order valence-corrected chi connectivity index (χ1v) is 9.94. The second-order valence-electron chi connectivity index (χ2n) is 7.73. The van der Waals surface area contributed by atoms with E-state index < -0.39 is 0 Å². The smallest absolute Gasteiger partial charge is 0.410 e. The van der Waals surface area contributed by atoms with E-state index in [4.69, 9.17) is 9.47 Å². The average Bonchev–Trinajstić information content (AvgIpc) is 2.72. The maximum Gasteiger partial charge on any atom is 0.410 e. The number of nitrogens with zero attached hydrogens (tertiary/aromatic N) is 1. The van der Waals surface area contributed by atoms with Crippen LogP contribution in [0.2, 0.25) is 0 Å². The second kappa shape index (κ2) is 8.74. The Bertz CT molecular complexity index is 858. The summed E-state index contributed by atoms with van der Waals surface area (Å²) in [7, 11) is 0. The first kappa shape index (κ1) is 19.6. The Labute approximate surface area is 169 Å². The van der Waals surface area contributed by atoms with E-state index in [1.54, 1.807) is 17.0 Å². The maximum absolute atomic E-state index is 13.4. The molecule has 2 saturated heterocycles. The number of ether oxygens (including phenoxy) is 2. The van der Waals surface area contributed by atoms with Gasteiger partial charge in [0.1, 0.15) is 18.2 Å². The standard InChI is InChI=1S/C23H24FNO4/c24-19-8-4-7-17(9-19)10-22(26)18-11-20-14-28-15-21(12-18)25(20)23(27)29-13-16-5-2-1-3-6-16/h1-9,18,20-21H,10-15H2. The Morgan fingerprint density at radius 1 is 1.00 bits per heavy atom. The van der Waals surface area contributed by atoms with Gasteiger partial charge in [0.25, 0.3) is 0 Å². The van der Waals surface area contributed by atoms with Crippen LogP contribution in [0.3, 0.4) is 0 Å². The van der Waals surface area contributed by atoms with Gasteiger partial charge in [0, 0.05) is 12.3 Å². The highest BCUT2D eigenvalue weighted by Gasteiger charge is 2.44. The molecular formula is C23H24FNO4. The van der Waals surface area contributed by atoms with Gasteiger partial charge in [-0.3, -0.25) is 9.69 Å². The quantitative estimate of drug-likeness (QED) is 0.771. The number of morpholine rings is 1. The third kappa shape index (κ3) is 4.65. The molecule has 2 aliphatic heterocycles. The van der Waals surface area contributed by atoms with Gasteiger partial charge in [-0.15, -0.1) is 0 Å². The van der Waals surface area contributed by atoms with Gasteiger partial charge in [0.05, 0.1) is 25.3 Å². The predicted molar refractivity (Wildman–Crippen MR) is 105 cm³/mol. The topological polar surface area (TPSA) is 55.8 Å². The highest BCUT2D eigenvalue weighted by atomic mass is 19.1. The predicted octanol–water partition coefficient (Wildman–Crippen LogP) is 3.75. The average molecular weight is 397 g/mol. The van der Waals surface area contributed by atoms with Gasteiger partial charge in [0.2, 0.25) is 0 Å². The third-order valence-corrected chi connectivity index (χ3v) is 5.66. The largest absolute Gasteiger partial charge is 0.445 e. The lowest BCUT2D eigenvalue weighted by Gasteiger charge is -2.47. The molecule has 0 aliphatic carbocycles. The molecule has 5 nitrogen and oxygen atoms in total. The SMILES string of the molecule is O=C(Cc1cccc(F)c1)C1CC2COCC(C1)N2C(=O)OCc1ccccc1. The molecule has 0 saturated carbocycles. The molecule has 6 heteroatoms. The van der Waals surface area contributed by atoms with Crippen LogP contribution >= 0.6 is 0 Å². The van der Waals surface area contributed by atoms with Crippen LogP contribution in [-0.4, -0.2) is 42.1 Å². The number of ketones is 1. The van der Waals surface area contributed by atoms with E-state index in [9.17, 15) is 14.0 Å². The van der Waals surface area contributed by atoms with Crippen molar-refractivity contribution in [1.82, 2.24) is 4.90 Å². The molecule has 2 bridgehead atoms. The van der Waals surface area contributed by atoms with Gasteiger partial charge >= 0.3 is 6.09 Å². The molecule has 0 N–H and O–H groups in total. The van der Waals surface area contributed by atoms with Gasteiger partial charge in [-0.25, -0.2) is 9.18 Å². The molecule has 2 aromatic rings. The Morgan fingerprint density at radius 2 is 1.69 bits per heavy atom. The van der Waals surface area contributed by atoms with Crippen molar-refractivity contribution in [3.8, 4) is 0 Å². The summed E-state index contributed by atoms with van der Waals surface area (Å²) in [4.78, 5) is 27.3. The van der Waals surface area contributed by atoms with Crippen molar-refractivity contribution in [3.63, 3.8) is 0 Å². The minimum atomic E-state index is -0.358. The van der Waals surface area contributed by atoms with Crippen molar-refractivity contribution in [2.75, 3.05) is 13.2 Å². The zero-order valence-electron chi connectivity index (χ0n) is 16.1. The normalized spacial score (nSPS) is 23.5. The fraction of sp³-hybridized carbons (Fsp3) is 0.391. The van der Waals surface area contributed by atoms with Crippen LogP contribution in [0, 0.1) is 11.7 Å². The van der Waals surface area contributed by atoms with Crippen molar-refractivity contribution in [2.24, 2.45) is 5.92 Å². The lowest BCUT2D eigenvalue weighted by Crippen LogP contribution is -2.60. The number of hydrogen-bond donors (Lipinski definition) is 0. The molecule has 4 rings (SSSR count). The molecule has 152 valence electrons. The van der Waals surface area contributed by atoms with Crippen molar-refractivity contribution < 1.29 is 23.5 Å². The first-order chi connectivity index (χ1) is 14.1. The molecule has 29 heavy (non-hydrogen) atoms. The number of benzene rings is 2. The summed E-state index contributed by atoms with van der Waals surface area (Å²) >= 11 is 0. The summed E-state index contributed by atoms with van der Waals surface area (Å²) < 4.78 is 24.5. The molecular weight excluding hydrogens is 373 g/mol. The Balaban J connectivity index is 1.38. The van der Waals surface area contributed by atoms with Crippen LogP contribution in [0.15, 0.2) is 54.6 Å². The number of carbonyl (C=O) groups excluding carboxylic acids is 2. The number of rotatable bonds is 5. The van der Waals surface area contributed by atoms with Crippen LogP contribution in [0.4, 0.5) is 9.18 Å². The monoisotopic (exact) mass is 397 g/mol. The zero-order valence-corrected chi connectivity index (χ0v) is 16.1. The van der Waals surface area contributed by atoms with E-state index in [2.05, 4.69) is 0 Å². The van der Waals surface area contributed by atoms with Crippen LogP contribution in [0.25, 0.3) is 0 Å². The van der Waals surface area contributed by atoms with Crippen molar-refractivity contribution in [1.29, 1.82) is 0 Å². The Morgan fingerprint density at radius 3 is 2.38 bits per heavy atom. The minimum absolute atomic E-state index is 0.0878. The maximum atomic E-state index is 13.4. The lowest BCUT2D eigenvalue weighted by atomic mass is 9.81. The summed E-state index contributed by atoms with van der Waals surface area (Å²) in [5, 5.41) is 0. The Hall–Kier alpha value is -2.73. The van der Waals surface area contributed by atoms with E-state index in [1.165, 1.54) is 12.1 Å². The number of halogens is 1. The van der Waals surface area contributed by atoms with Gasteiger partial charge in [0.15, 0.2) is 0 Å². The lowest BCUT2D eigenvalue weighted by molar-refractivity contribution is -0.130. The highest BCUT2D eigenvalue weighted by molar-refractivity contribution is 5.84. The van der Waals surface area contributed by atoms with Crippen LogP contribution in [0.5, 0.6) is 0 Å². The van der Waals surface area contributed by atoms with Gasteiger partial charge < -0.3 is 9.47 Å². The second-order valence-corrected chi connectivity index (χ2v) is 7.73. The molecule has 0 radical (unpaired) electrons. The molecule has 1 amide bonds. The van der Waals surface area contributed by atoms with Crippen LogP contribution in [-0.2, 0) is 27.3 Å². The molecule has 0 spiro atoms. The minimum Gasteiger partial charge on any atom is -0.445 e. The third-order valence-electron chi connectivity index (χ3n) is 5.66. The van der Waals surface area contributed by atoms with E-state index in [0.717, 1.165) is 5.56 Å². The number of Topliss-reactive ketones (excluding diaryl/α,β-unsaturated/α-hetero) is 1. The molecule has 2 fully saturated rings.